The maximum absolute atomic E-state index is 11.6. The maximum Gasteiger partial charge on any atom is 0.261 e. The third-order valence-corrected chi connectivity index (χ3v) is 3.32. The summed E-state index contributed by atoms with van der Waals surface area (Å²) in [6, 6.07) is 5.39. The van der Waals surface area contributed by atoms with E-state index in [9.17, 15) is 13.2 Å². The molecule has 17 heavy (non-hydrogen) atoms. The lowest BCUT2D eigenvalue weighted by molar-refractivity contribution is 0.0957. The van der Waals surface area contributed by atoms with Gasteiger partial charge in [0.25, 0.3) is 15.0 Å². The Morgan fingerprint density at radius 1 is 1.35 bits per heavy atom. The molecule has 1 N–H and O–H groups in total. The van der Waals surface area contributed by atoms with Gasteiger partial charge < -0.3 is 5.32 Å². The van der Waals surface area contributed by atoms with Gasteiger partial charge in [-0.25, -0.2) is 8.42 Å². The van der Waals surface area contributed by atoms with Gasteiger partial charge >= 0.3 is 0 Å². The third kappa shape index (κ3) is 4.20. The molecule has 0 aromatic heterocycles. The molecule has 4 nitrogen and oxygen atoms in total. The van der Waals surface area contributed by atoms with Crippen molar-refractivity contribution in [2.75, 3.05) is 6.54 Å². The average Bonchev–Trinajstić information content (AvgIpc) is 2.25. The summed E-state index contributed by atoms with van der Waals surface area (Å²) < 4.78 is 22.0. The lowest BCUT2D eigenvalue weighted by Crippen LogP contribution is -2.24. The second-order valence-electron chi connectivity index (χ2n) is 3.60. The molecule has 1 aromatic rings. The van der Waals surface area contributed by atoms with Gasteiger partial charge in [-0.05, 0) is 31.2 Å². The fraction of sp³-hybridized carbons (Fsp3) is 0.182. The SMILES string of the molecule is C=C(C)CNC(=O)c1ccc(S(=O)(=O)Cl)cc1. The van der Waals surface area contributed by atoms with Crippen LogP contribution in [0, 0.1) is 0 Å². The molecule has 0 aliphatic carbocycles. The monoisotopic (exact) mass is 273 g/mol. The largest absolute Gasteiger partial charge is 0.348 e. The van der Waals surface area contributed by atoms with Gasteiger partial charge in [-0.2, -0.15) is 0 Å². The molecule has 0 spiro atoms. The van der Waals surface area contributed by atoms with E-state index in [0.717, 1.165) is 5.57 Å². The molecule has 0 saturated carbocycles. The third-order valence-electron chi connectivity index (χ3n) is 1.95. The lowest BCUT2D eigenvalue weighted by Gasteiger charge is -2.04. The second-order valence-corrected chi connectivity index (χ2v) is 6.17. The summed E-state index contributed by atoms with van der Waals surface area (Å²) in [5.74, 6) is -0.286. The Bertz CT molecular complexity index is 534. The fourth-order valence-corrected chi connectivity index (χ4v) is 1.87. The normalized spacial score (nSPS) is 10.9. The molecular weight excluding hydrogens is 262 g/mol. The molecule has 1 amide bonds. The number of halogens is 1. The van der Waals surface area contributed by atoms with E-state index in [4.69, 9.17) is 10.7 Å². The summed E-state index contributed by atoms with van der Waals surface area (Å²) >= 11 is 0. The van der Waals surface area contributed by atoms with Crippen LogP contribution in [0.3, 0.4) is 0 Å². The zero-order valence-electron chi connectivity index (χ0n) is 9.23. The number of rotatable bonds is 4. The van der Waals surface area contributed by atoms with Crippen molar-refractivity contribution in [2.45, 2.75) is 11.8 Å². The van der Waals surface area contributed by atoms with Gasteiger partial charge in [-0.3, -0.25) is 4.79 Å². The van der Waals surface area contributed by atoms with Crippen molar-refractivity contribution in [1.29, 1.82) is 0 Å². The molecule has 92 valence electrons. The molecule has 0 radical (unpaired) electrons. The van der Waals surface area contributed by atoms with Crippen LogP contribution in [0.5, 0.6) is 0 Å². The van der Waals surface area contributed by atoms with Crippen molar-refractivity contribution >= 4 is 25.6 Å². The minimum absolute atomic E-state index is 0.0318. The highest BCUT2D eigenvalue weighted by molar-refractivity contribution is 8.13. The van der Waals surface area contributed by atoms with Crippen molar-refractivity contribution in [3.8, 4) is 0 Å². The van der Waals surface area contributed by atoms with E-state index in [2.05, 4.69) is 11.9 Å². The van der Waals surface area contributed by atoms with Crippen LogP contribution in [0.15, 0.2) is 41.3 Å². The number of hydrogen-bond acceptors (Lipinski definition) is 3. The average molecular weight is 274 g/mol. The summed E-state index contributed by atoms with van der Waals surface area (Å²) in [5.41, 5.74) is 1.20. The number of nitrogens with one attached hydrogen (secondary N) is 1. The Morgan fingerprint density at radius 3 is 2.29 bits per heavy atom. The predicted molar refractivity (Wildman–Crippen MR) is 66.6 cm³/mol. The molecule has 6 heteroatoms. The smallest absolute Gasteiger partial charge is 0.261 e. The number of carbonyl (C=O) groups excluding carboxylic acids is 1. The molecule has 0 atom stereocenters. The Labute approximate surface area is 105 Å². The first-order valence-electron chi connectivity index (χ1n) is 4.78. The molecule has 1 aromatic carbocycles. The Morgan fingerprint density at radius 2 is 1.88 bits per heavy atom. The number of benzene rings is 1. The Balaban J connectivity index is 2.81. The van der Waals surface area contributed by atoms with Gasteiger partial charge in [0.1, 0.15) is 0 Å². The molecule has 0 aliphatic heterocycles. The van der Waals surface area contributed by atoms with Crippen molar-refractivity contribution in [2.24, 2.45) is 0 Å². The van der Waals surface area contributed by atoms with Gasteiger partial charge in [-0.15, -0.1) is 0 Å². The topological polar surface area (TPSA) is 63.2 Å². The summed E-state index contributed by atoms with van der Waals surface area (Å²) in [6.45, 7) is 5.83. The number of hydrogen-bond donors (Lipinski definition) is 1. The van der Waals surface area contributed by atoms with Gasteiger partial charge in [0.05, 0.1) is 4.90 Å². The summed E-state index contributed by atoms with van der Waals surface area (Å²) in [7, 11) is 1.41. The van der Waals surface area contributed by atoms with E-state index in [1.165, 1.54) is 24.3 Å². The van der Waals surface area contributed by atoms with E-state index in [1.807, 2.05) is 0 Å². The highest BCUT2D eigenvalue weighted by Gasteiger charge is 2.11. The number of amides is 1. The standard InChI is InChI=1S/C11H12ClNO3S/c1-8(2)7-13-11(14)9-3-5-10(6-4-9)17(12,15)16/h3-6H,1,7H2,2H3,(H,13,14). The molecule has 0 fully saturated rings. The van der Waals surface area contributed by atoms with Crippen LogP contribution in [0.1, 0.15) is 17.3 Å². The molecule has 0 aliphatic rings. The summed E-state index contributed by atoms with van der Waals surface area (Å²) in [4.78, 5) is 11.5. The second kappa shape index (κ2) is 5.33. The van der Waals surface area contributed by atoms with Crippen LogP contribution in [-0.2, 0) is 9.05 Å². The van der Waals surface area contributed by atoms with Crippen LogP contribution in [0.2, 0.25) is 0 Å². The molecule has 0 bridgehead atoms. The highest BCUT2D eigenvalue weighted by atomic mass is 35.7. The zero-order valence-corrected chi connectivity index (χ0v) is 10.8. The van der Waals surface area contributed by atoms with Crippen molar-refractivity contribution in [3.05, 3.63) is 42.0 Å². The zero-order chi connectivity index (χ0) is 13.1. The van der Waals surface area contributed by atoms with Crippen LogP contribution in [0.25, 0.3) is 0 Å². The maximum atomic E-state index is 11.6. The summed E-state index contributed by atoms with van der Waals surface area (Å²) in [6.07, 6.45) is 0. The first-order valence-corrected chi connectivity index (χ1v) is 7.09. The van der Waals surface area contributed by atoms with E-state index >= 15 is 0 Å². The van der Waals surface area contributed by atoms with Gasteiger partial charge in [-0.1, -0.05) is 12.2 Å². The minimum Gasteiger partial charge on any atom is -0.348 e. The van der Waals surface area contributed by atoms with Gasteiger partial charge in [0, 0.05) is 22.8 Å². The Kier molecular flexibility index (Phi) is 4.31. The molecular formula is C11H12ClNO3S. The highest BCUT2D eigenvalue weighted by Crippen LogP contribution is 2.15. The van der Waals surface area contributed by atoms with E-state index in [0.29, 0.717) is 12.1 Å². The lowest BCUT2D eigenvalue weighted by atomic mass is 10.2. The van der Waals surface area contributed by atoms with Crippen LogP contribution < -0.4 is 5.32 Å². The summed E-state index contributed by atoms with van der Waals surface area (Å²) in [5, 5.41) is 2.64. The van der Waals surface area contributed by atoms with E-state index < -0.39 is 9.05 Å². The van der Waals surface area contributed by atoms with Crippen LogP contribution >= 0.6 is 10.7 Å². The van der Waals surface area contributed by atoms with E-state index in [1.54, 1.807) is 6.92 Å². The molecule has 0 unspecified atom stereocenters. The van der Waals surface area contributed by atoms with Gasteiger partial charge in [0.2, 0.25) is 0 Å². The predicted octanol–water partition coefficient (Wildman–Crippen LogP) is 1.92. The quantitative estimate of drug-likeness (QED) is 0.673. The van der Waals surface area contributed by atoms with Crippen molar-refractivity contribution in [1.82, 2.24) is 5.32 Å². The number of carbonyl (C=O) groups is 1. The van der Waals surface area contributed by atoms with Crippen LogP contribution in [0.4, 0.5) is 0 Å². The molecule has 1 rings (SSSR count). The molecule has 0 heterocycles. The van der Waals surface area contributed by atoms with Crippen LogP contribution in [-0.4, -0.2) is 20.9 Å². The first-order chi connectivity index (χ1) is 7.80. The Hall–Kier alpha value is -1.33. The molecule has 0 saturated heterocycles. The fourth-order valence-electron chi connectivity index (χ4n) is 1.10. The van der Waals surface area contributed by atoms with Gasteiger partial charge in [0.15, 0.2) is 0 Å². The van der Waals surface area contributed by atoms with E-state index in [-0.39, 0.29) is 10.8 Å². The first kappa shape index (κ1) is 13.7. The van der Waals surface area contributed by atoms with Crippen molar-refractivity contribution < 1.29 is 13.2 Å². The minimum atomic E-state index is -3.74. The van der Waals surface area contributed by atoms with Crippen molar-refractivity contribution in [3.63, 3.8) is 0 Å².